The topological polar surface area (TPSA) is 76.1 Å². The lowest BCUT2D eigenvalue weighted by Crippen LogP contribution is -2.29. The number of hydrogen-bond donors (Lipinski definition) is 1. The van der Waals surface area contributed by atoms with E-state index < -0.39 is 17.7 Å². The zero-order chi connectivity index (χ0) is 26.0. The predicted octanol–water partition coefficient (Wildman–Crippen LogP) is 5.72. The summed E-state index contributed by atoms with van der Waals surface area (Å²) in [5, 5.41) is 11.4. The molecule has 1 fully saturated rings. The molecule has 1 heterocycles. The summed E-state index contributed by atoms with van der Waals surface area (Å²) in [4.78, 5) is 28.1. The zero-order valence-electron chi connectivity index (χ0n) is 21.2. The van der Waals surface area contributed by atoms with Crippen LogP contribution in [-0.2, 0) is 16.1 Å². The first-order valence-corrected chi connectivity index (χ1v) is 11.9. The molecule has 36 heavy (non-hydrogen) atoms. The Labute approximate surface area is 211 Å². The first kappa shape index (κ1) is 25.0. The number of amides is 1. The van der Waals surface area contributed by atoms with Crippen molar-refractivity contribution in [3.63, 3.8) is 0 Å². The van der Waals surface area contributed by atoms with Gasteiger partial charge in [0.15, 0.2) is 0 Å². The highest BCUT2D eigenvalue weighted by Crippen LogP contribution is 2.41. The van der Waals surface area contributed by atoms with Gasteiger partial charge >= 0.3 is 0 Å². The van der Waals surface area contributed by atoms with E-state index >= 15 is 0 Å². The Kier molecular flexibility index (Phi) is 7.15. The van der Waals surface area contributed by atoms with Gasteiger partial charge in [-0.25, -0.2) is 0 Å². The molecule has 1 N–H and O–H groups in total. The molecular weight excluding hydrogens is 454 g/mol. The monoisotopic (exact) mass is 485 g/mol. The van der Waals surface area contributed by atoms with Gasteiger partial charge in [0, 0.05) is 12.1 Å². The van der Waals surface area contributed by atoms with Gasteiger partial charge in [-0.15, -0.1) is 0 Å². The summed E-state index contributed by atoms with van der Waals surface area (Å²) in [5.41, 5.74) is 3.97. The molecule has 3 aromatic carbocycles. The van der Waals surface area contributed by atoms with Gasteiger partial charge in [0.2, 0.25) is 0 Å². The maximum Gasteiger partial charge on any atom is 0.295 e. The molecule has 186 valence electrons. The summed E-state index contributed by atoms with van der Waals surface area (Å²) in [6.07, 6.45) is 0.00717. The summed E-state index contributed by atoms with van der Waals surface area (Å²) >= 11 is 0. The van der Waals surface area contributed by atoms with Gasteiger partial charge in [-0.1, -0.05) is 42.0 Å². The van der Waals surface area contributed by atoms with Crippen molar-refractivity contribution < 1.29 is 24.2 Å². The summed E-state index contributed by atoms with van der Waals surface area (Å²) in [5.74, 6) is -0.132. The molecule has 0 bridgehead atoms. The molecule has 3 aromatic rings. The first-order chi connectivity index (χ1) is 17.2. The number of Topliss-reactive ketones (excluding diaryl/α,β-unsaturated/α-hetero) is 1. The molecule has 1 aliphatic heterocycles. The van der Waals surface area contributed by atoms with Crippen molar-refractivity contribution in [1.29, 1.82) is 0 Å². The van der Waals surface area contributed by atoms with Crippen LogP contribution in [0.15, 0.2) is 72.3 Å². The van der Waals surface area contributed by atoms with Gasteiger partial charge in [0.25, 0.3) is 11.7 Å². The maximum atomic E-state index is 13.3. The molecule has 0 saturated carbocycles. The lowest BCUT2D eigenvalue weighted by atomic mass is 9.94. The van der Waals surface area contributed by atoms with E-state index in [0.29, 0.717) is 17.1 Å². The number of benzene rings is 3. The van der Waals surface area contributed by atoms with Crippen molar-refractivity contribution in [1.82, 2.24) is 4.90 Å². The fraction of sp³-hybridized carbons (Fsp3) is 0.267. The number of ether oxygens (including phenoxy) is 2. The van der Waals surface area contributed by atoms with E-state index in [4.69, 9.17) is 9.47 Å². The summed E-state index contributed by atoms with van der Waals surface area (Å²) in [7, 11) is 1.59. The Morgan fingerprint density at radius 2 is 1.72 bits per heavy atom. The number of aryl methyl sites for hydroxylation is 2. The average Bonchev–Trinajstić information content (AvgIpc) is 3.10. The van der Waals surface area contributed by atoms with Gasteiger partial charge < -0.3 is 19.5 Å². The minimum absolute atomic E-state index is 0.00717. The van der Waals surface area contributed by atoms with Crippen LogP contribution in [0.2, 0.25) is 0 Å². The third-order valence-electron chi connectivity index (χ3n) is 6.22. The van der Waals surface area contributed by atoms with E-state index in [1.165, 1.54) is 4.90 Å². The highest BCUT2D eigenvalue weighted by Gasteiger charge is 2.46. The smallest absolute Gasteiger partial charge is 0.295 e. The summed E-state index contributed by atoms with van der Waals surface area (Å²) in [6.45, 7) is 7.94. The van der Waals surface area contributed by atoms with Crippen LogP contribution in [0.25, 0.3) is 5.76 Å². The number of aliphatic hydroxyl groups is 1. The van der Waals surface area contributed by atoms with Crippen molar-refractivity contribution in [3.8, 4) is 11.5 Å². The SMILES string of the molecule is COc1ccc(CN2C(=O)C(=O)/C(=C(\O)c3ccc(OC(C)C)c(C)c3)C2c2cccc(C)c2)cc1. The van der Waals surface area contributed by atoms with Crippen molar-refractivity contribution >= 4 is 17.4 Å². The Hall–Kier alpha value is -4.06. The first-order valence-electron chi connectivity index (χ1n) is 11.9. The predicted molar refractivity (Wildman–Crippen MR) is 139 cm³/mol. The number of carbonyl (C=O) groups is 2. The second-order valence-corrected chi connectivity index (χ2v) is 9.34. The Morgan fingerprint density at radius 3 is 2.33 bits per heavy atom. The van der Waals surface area contributed by atoms with Crippen molar-refractivity contribution in [2.24, 2.45) is 0 Å². The van der Waals surface area contributed by atoms with Crippen molar-refractivity contribution in [2.45, 2.75) is 46.4 Å². The van der Waals surface area contributed by atoms with E-state index in [1.807, 2.05) is 76.2 Å². The number of methoxy groups -OCH3 is 1. The fourth-order valence-corrected chi connectivity index (χ4v) is 4.50. The molecule has 6 heteroatoms. The summed E-state index contributed by atoms with van der Waals surface area (Å²) < 4.78 is 11.0. The minimum atomic E-state index is -0.723. The quantitative estimate of drug-likeness (QED) is 0.263. The highest BCUT2D eigenvalue weighted by molar-refractivity contribution is 6.46. The number of hydrogen-bond acceptors (Lipinski definition) is 5. The van der Waals surface area contributed by atoms with E-state index in [-0.39, 0.29) is 24.0 Å². The van der Waals surface area contributed by atoms with E-state index in [1.54, 1.807) is 25.3 Å². The molecular formula is C30H31NO5. The lowest BCUT2D eigenvalue weighted by Gasteiger charge is -2.26. The molecule has 1 saturated heterocycles. The number of nitrogens with zero attached hydrogens (tertiary/aromatic N) is 1. The number of carbonyl (C=O) groups excluding carboxylic acids is 2. The highest BCUT2D eigenvalue weighted by atomic mass is 16.5. The van der Waals surface area contributed by atoms with Crippen LogP contribution in [0.5, 0.6) is 11.5 Å². The largest absolute Gasteiger partial charge is 0.507 e. The standard InChI is InChI=1S/C30H31NO5/c1-18(2)36-25-14-11-23(16-20(25)4)28(32)26-27(22-8-6-7-19(3)15-22)31(30(34)29(26)33)17-21-9-12-24(35-5)13-10-21/h6-16,18,27,32H,17H2,1-5H3/b28-26-. The maximum absolute atomic E-state index is 13.3. The second-order valence-electron chi connectivity index (χ2n) is 9.34. The third kappa shape index (κ3) is 4.98. The second kappa shape index (κ2) is 10.3. The van der Waals surface area contributed by atoms with Crippen LogP contribution in [0.1, 0.15) is 47.7 Å². The third-order valence-corrected chi connectivity index (χ3v) is 6.22. The fourth-order valence-electron chi connectivity index (χ4n) is 4.50. The number of ketones is 1. The number of rotatable bonds is 7. The van der Waals surface area contributed by atoms with Gasteiger partial charge in [-0.3, -0.25) is 9.59 Å². The molecule has 0 aromatic heterocycles. The molecule has 1 aliphatic rings. The molecule has 1 atom stereocenters. The van der Waals surface area contributed by atoms with E-state index in [0.717, 1.165) is 22.3 Å². The molecule has 0 aliphatic carbocycles. The molecule has 4 rings (SSSR count). The van der Waals surface area contributed by atoms with Crippen LogP contribution in [-0.4, -0.2) is 34.9 Å². The molecule has 0 radical (unpaired) electrons. The van der Waals surface area contributed by atoms with Crippen LogP contribution in [0.4, 0.5) is 0 Å². The summed E-state index contributed by atoms with van der Waals surface area (Å²) in [6, 6.07) is 19.6. The van der Waals surface area contributed by atoms with E-state index in [9.17, 15) is 14.7 Å². The minimum Gasteiger partial charge on any atom is -0.507 e. The lowest BCUT2D eigenvalue weighted by molar-refractivity contribution is -0.140. The molecule has 1 amide bonds. The Morgan fingerprint density at radius 1 is 1.00 bits per heavy atom. The Balaban J connectivity index is 1.81. The van der Waals surface area contributed by atoms with Gasteiger partial charge in [0.1, 0.15) is 17.3 Å². The van der Waals surface area contributed by atoms with Crippen LogP contribution in [0.3, 0.4) is 0 Å². The van der Waals surface area contributed by atoms with Crippen molar-refractivity contribution in [3.05, 3.63) is 100 Å². The molecule has 1 unspecified atom stereocenters. The van der Waals surface area contributed by atoms with Crippen molar-refractivity contribution in [2.75, 3.05) is 7.11 Å². The van der Waals surface area contributed by atoms with E-state index in [2.05, 4.69) is 0 Å². The molecule has 0 spiro atoms. The average molecular weight is 486 g/mol. The van der Waals surface area contributed by atoms with Crippen LogP contribution < -0.4 is 9.47 Å². The van der Waals surface area contributed by atoms with Crippen LogP contribution in [0, 0.1) is 13.8 Å². The normalized spacial score (nSPS) is 17.1. The number of likely N-dealkylation sites (tertiary alicyclic amines) is 1. The zero-order valence-corrected chi connectivity index (χ0v) is 21.2. The number of aliphatic hydroxyl groups excluding tert-OH is 1. The van der Waals surface area contributed by atoms with Gasteiger partial charge in [0.05, 0.1) is 24.8 Å². The Bertz CT molecular complexity index is 1320. The van der Waals surface area contributed by atoms with Gasteiger partial charge in [-0.05, 0) is 74.7 Å². The van der Waals surface area contributed by atoms with Crippen LogP contribution >= 0.6 is 0 Å². The van der Waals surface area contributed by atoms with Gasteiger partial charge in [-0.2, -0.15) is 0 Å². The molecule has 6 nitrogen and oxygen atoms in total.